The highest BCUT2D eigenvalue weighted by molar-refractivity contribution is 6.03. The number of aliphatic carboxylic acids is 1. The molecule has 0 saturated carbocycles. The van der Waals surface area contributed by atoms with Crippen LogP contribution in [0.5, 0.6) is 0 Å². The van der Waals surface area contributed by atoms with E-state index in [9.17, 15) is 25.0 Å². The second-order valence-electron chi connectivity index (χ2n) is 4.42. The van der Waals surface area contributed by atoms with Gasteiger partial charge in [-0.25, -0.2) is 0 Å². The van der Waals surface area contributed by atoms with Crippen molar-refractivity contribution in [3.63, 3.8) is 0 Å². The van der Waals surface area contributed by atoms with Crippen LogP contribution in [0.25, 0.3) is 10.8 Å². The zero-order valence-corrected chi connectivity index (χ0v) is 11.2. The smallest absolute Gasteiger partial charge is 0.305 e. The summed E-state index contributed by atoms with van der Waals surface area (Å²) in [5.74, 6) is -1.05. The highest BCUT2D eigenvalue weighted by Crippen LogP contribution is 2.39. The Bertz CT molecular complexity index is 774. The van der Waals surface area contributed by atoms with Crippen LogP contribution in [0.2, 0.25) is 0 Å². The summed E-state index contributed by atoms with van der Waals surface area (Å²) in [4.78, 5) is 31.4. The van der Waals surface area contributed by atoms with Crippen molar-refractivity contribution in [2.24, 2.45) is 0 Å². The standard InChI is InChI=1S/C13H11N3O6/c17-12(18)5-6-14-13-9-4-2-1-3-8(9)10(15(19)20)7-11(13)16(21)22/h1-4,7,14H,5-6H2,(H,17,18). The summed E-state index contributed by atoms with van der Waals surface area (Å²) in [6, 6.07) is 7.06. The molecule has 0 aliphatic heterocycles. The van der Waals surface area contributed by atoms with Gasteiger partial charge in [-0.15, -0.1) is 0 Å². The Morgan fingerprint density at radius 3 is 2.23 bits per heavy atom. The predicted octanol–water partition coefficient (Wildman–Crippen LogP) is 2.54. The van der Waals surface area contributed by atoms with Crippen LogP contribution in [0.4, 0.5) is 17.1 Å². The molecule has 0 radical (unpaired) electrons. The average Bonchev–Trinajstić information content (AvgIpc) is 2.46. The predicted molar refractivity (Wildman–Crippen MR) is 78.0 cm³/mol. The summed E-state index contributed by atoms with van der Waals surface area (Å²) in [6.45, 7) is -0.0298. The number of nitrogens with one attached hydrogen (secondary N) is 1. The van der Waals surface area contributed by atoms with Crippen molar-refractivity contribution < 1.29 is 19.7 Å². The SMILES string of the molecule is O=C(O)CCNc1c([N+](=O)[O-])cc([N+](=O)[O-])c2ccccc12. The van der Waals surface area contributed by atoms with E-state index >= 15 is 0 Å². The minimum absolute atomic E-state index is 0.0298. The van der Waals surface area contributed by atoms with Crippen molar-refractivity contribution in [2.45, 2.75) is 6.42 Å². The maximum absolute atomic E-state index is 11.2. The van der Waals surface area contributed by atoms with Crippen LogP contribution in [0.15, 0.2) is 30.3 Å². The third-order valence-electron chi connectivity index (χ3n) is 3.04. The molecule has 0 amide bonds. The molecule has 9 nitrogen and oxygen atoms in total. The van der Waals surface area contributed by atoms with E-state index in [1.54, 1.807) is 12.1 Å². The molecule has 22 heavy (non-hydrogen) atoms. The fraction of sp³-hybridized carbons (Fsp3) is 0.154. The van der Waals surface area contributed by atoms with Gasteiger partial charge in [-0.1, -0.05) is 18.2 Å². The number of carboxylic acid groups (broad SMARTS) is 1. The Hall–Kier alpha value is -3.23. The minimum atomic E-state index is -1.05. The summed E-state index contributed by atoms with van der Waals surface area (Å²) in [7, 11) is 0. The molecule has 9 heteroatoms. The molecule has 0 bridgehead atoms. The second-order valence-corrected chi connectivity index (χ2v) is 4.42. The molecule has 0 atom stereocenters. The van der Waals surface area contributed by atoms with Crippen molar-refractivity contribution in [3.8, 4) is 0 Å². The van der Waals surface area contributed by atoms with Gasteiger partial charge in [-0.3, -0.25) is 25.0 Å². The van der Waals surface area contributed by atoms with Crippen LogP contribution in [0, 0.1) is 20.2 Å². The number of nitro groups is 2. The first kappa shape index (κ1) is 15.2. The van der Waals surface area contributed by atoms with Crippen molar-refractivity contribution in [2.75, 3.05) is 11.9 Å². The molecule has 2 aromatic carbocycles. The number of fused-ring (bicyclic) bond motifs is 1. The van der Waals surface area contributed by atoms with Gasteiger partial charge < -0.3 is 10.4 Å². The van der Waals surface area contributed by atoms with Crippen LogP contribution in [-0.4, -0.2) is 27.5 Å². The van der Waals surface area contributed by atoms with Gasteiger partial charge in [-0.2, -0.15) is 0 Å². The zero-order valence-electron chi connectivity index (χ0n) is 11.2. The quantitative estimate of drug-likeness (QED) is 0.618. The van der Waals surface area contributed by atoms with Gasteiger partial charge in [0.15, 0.2) is 0 Å². The van der Waals surface area contributed by atoms with Gasteiger partial charge in [0.2, 0.25) is 0 Å². The topological polar surface area (TPSA) is 136 Å². The second kappa shape index (κ2) is 6.04. The van der Waals surface area contributed by atoms with E-state index in [1.807, 2.05) is 0 Å². The van der Waals surface area contributed by atoms with Crippen LogP contribution >= 0.6 is 0 Å². The molecule has 0 unspecified atom stereocenters. The number of nitro benzene ring substituents is 2. The van der Waals surface area contributed by atoms with Crippen LogP contribution < -0.4 is 5.32 Å². The molecular formula is C13H11N3O6. The Balaban J connectivity index is 2.63. The van der Waals surface area contributed by atoms with Gasteiger partial charge in [0, 0.05) is 11.9 Å². The Labute approximate surface area is 123 Å². The minimum Gasteiger partial charge on any atom is -0.481 e. The Morgan fingerprint density at radius 1 is 1.09 bits per heavy atom. The number of anilines is 1. The number of hydrogen-bond acceptors (Lipinski definition) is 6. The highest BCUT2D eigenvalue weighted by atomic mass is 16.6. The van der Waals surface area contributed by atoms with Crippen molar-refractivity contribution >= 4 is 33.8 Å². The highest BCUT2D eigenvalue weighted by Gasteiger charge is 2.25. The van der Waals surface area contributed by atoms with E-state index in [0.717, 1.165) is 6.07 Å². The lowest BCUT2D eigenvalue weighted by molar-refractivity contribution is -0.392. The lowest BCUT2D eigenvalue weighted by atomic mass is 10.0. The van der Waals surface area contributed by atoms with E-state index in [4.69, 9.17) is 5.11 Å². The lowest BCUT2D eigenvalue weighted by Gasteiger charge is -2.10. The summed E-state index contributed by atoms with van der Waals surface area (Å²) < 4.78 is 0. The third kappa shape index (κ3) is 2.92. The van der Waals surface area contributed by atoms with Gasteiger partial charge in [0.25, 0.3) is 11.4 Å². The number of hydrogen-bond donors (Lipinski definition) is 2. The van der Waals surface area contributed by atoms with Gasteiger partial charge >= 0.3 is 5.97 Å². The first-order valence-electron chi connectivity index (χ1n) is 6.22. The molecule has 0 saturated heterocycles. The molecule has 2 rings (SSSR count). The number of carboxylic acids is 1. The monoisotopic (exact) mass is 305 g/mol. The Morgan fingerprint density at radius 2 is 1.68 bits per heavy atom. The number of rotatable bonds is 6. The van der Waals surface area contributed by atoms with E-state index in [-0.39, 0.29) is 29.7 Å². The van der Waals surface area contributed by atoms with E-state index in [2.05, 4.69) is 5.32 Å². The third-order valence-corrected chi connectivity index (χ3v) is 3.04. The molecule has 0 aliphatic rings. The summed E-state index contributed by atoms with van der Waals surface area (Å²) in [5.41, 5.74) is -0.755. The van der Waals surface area contributed by atoms with E-state index in [1.165, 1.54) is 12.1 Å². The first-order valence-corrected chi connectivity index (χ1v) is 6.22. The van der Waals surface area contributed by atoms with Gasteiger partial charge in [0.1, 0.15) is 5.69 Å². The lowest BCUT2D eigenvalue weighted by Crippen LogP contribution is -2.09. The molecule has 0 aromatic heterocycles. The summed E-state index contributed by atoms with van der Waals surface area (Å²) >= 11 is 0. The molecule has 0 aliphatic carbocycles. The van der Waals surface area contributed by atoms with Crippen molar-refractivity contribution in [1.82, 2.24) is 0 Å². The maximum atomic E-state index is 11.2. The molecule has 2 aromatic rings. The molecule has 0 fully saturated rings. The molecular weight excluding hydrogens is 294 g/mol. The zero-order chi connectivity index (χ0) is 16.3. The number of benzene rings is 2. The molecule has 2 N–H and O–H groups in total. The van der Waals surface area contributed by atoms with Crippen LogP contribution in [0.3, 0.4) is 0 Å². The summed E-state index contributed by atoms with van der Waals surface area (Å²) in [5, 5.41) is 34.1. The largest absolute Gasteiger partial charge is 0.481 e. The fourth-order valence-corrected chi connectivity index (χ4v) is 2.12. The van der Waals surface area contributed by atoms with Crippen molar-refractivity contribution in [3.05, 3.63) is 50.6 Å². The van der Waals surface area contributed by atoms with Crippen LogP contribution in [0.1, 0.15) is 6.42 Å². The molecule has 0 heterocycles. The van der Waals surface area contributed by atoms with Gasteiger partial charge in [-0.05, 0) is 6.07 Å². The van der Waals surface area contributed by atoms with E-state index in [0.29, 0.717) is 5.39 Å². The number of nitrogens with zero attached hydrogens (tertiary/aromatic N) is 2. The Kier molecular flexibility index (Phi) is 4.16. The maximum Gasteiger partial charge on any atom is 0.305 e. The normalized spacial score (nSPS) is 10.4. The number of non-ortho nitro benzene ring substituents is 1. The molecule has 114 valence electrons. The van der Waals surface area contributed by atoms with Crippen molar-refractivity contribution in [1.29, 1.82) is 0 Å². The summed E-state index contributed by atoms with van der Waals surface area (Å²) in [6.07, 6.45) is -0.234. The molecule has 0 spiro atoms. The van der Waals surface area contributed by atoms with Crippen LogP contribution in [-0.2, 0) is 4.79 Å². The fourth-order valence-electron chi connectivity index (χ4n) is 2.12. The number of carbonyl (C=O) groups is 1. The van der Waals surface area contributed by atoms with E-state index < -0.39 is 21.5 Å². The first-order chi connectivity index (χ1) is 10.4. The average molecular weight is 305 g/mol. The van der Waals surface area contributed by atoms with Gasteiger partial charge in [0.05, 0.1) is 27.7 Å².